The summed E-state index contributed by atoms with van der Waals surface area (Å²) in [5.41, 5.74) is 0.811. The highest BCUT2D eigenvalue weighted by molar-refractivity contribution is 6.32. The smallest absolute Gasteiger partial charge is 0.287 e. The van der Waals surface area contributed by atoms with Crippen molar-refractivity contribution in [3.05, 3.63) is 21.6 Å². The Morgan fingerprint density at radius 3 is 2.68 bits per heavy atom. The molecule has 0 bridgehead atoms. The summed E-state index contributed by atoms with van der Waals surface area (Å²) in [6.45, 7) is 5.53. The fourth-order valence-electron chi connectivity index (χ4n) is 2.88. The molecule has 5 heteroatoms. The van der Waals surface area contributed by atoms with E-state index in [-0.39, 0.29) is 10.6 Å². The molecule has 0 saturated heterocycles. The Hall–Kier alpha value is -1.03. The molecule has 4 nitrogen and oxygen atoms in total. The molecule has 106 valence electrons. The van der Waals surface area contributed by atoms with E-state index < -0.39 is 0 Å². The Morgan fingerprint density at radius 1 is 1.42 bits per heavy atom. The van der Waals surface area contributed by atoms with E-state index in [4.69, 9.17) is 11.6 Å². The Kier molecular flexibility index (Phi) is 4.50. The Labute approximate surface area is 119 Å². The molecule has 0 amide bonds. The lowest BCUT2D eigenvalue weighted by atomic mass is 9.83. The maximum absolute atomic E-state index is 11.9. The van der Waals surface area contributed by atoms with E-state index in [0.717, 1.165) is 13.0 Å². The first-order valence-electron chi connectivity index (χ1n) is 7.11. The molecule has 1 N–H and O–H groups in total. The molecule has 1 heterocycles. The number of halogens is 1. The number of rotatable bonds is 5. The average molecular weight is 284 g/mol. The number of hydrogen-bond acceptors (Lipinski definition) is 3. The van der Waals surface area contributed by atoms with Crippen molar-refractivity contribution in [3.8, 4) is 0 Å². The van der Waals surface area contributed by atoms with Gasteiger partial charge in [-0.25, -0.2) is 4.68 Å². The van der Waals surface area contributed by atoms with E-state index in [1.807, 2.05) is 6.92 Å². The summed E-state index contributed by atoms with van der Waals surface area (Å²) < 4.78 is 1.37. The van der Waals surface area contributed by atoms with Crippen LogP contribution in [0.5, 0.6) is 0 Å². The van der Waals surface area contributed by atoms with Crippen LogP contribution in [0.4, 0.5) is 5.69 Å². The van der Waals surface area contributed by atoms with E-state index in [9.17, 15) is 4.79 Å². The van der Waals surface area contributed by atoms with Gasteiger partial charge in [0.15, 0.2) is 0 Å². The highest BCUT2D eigenvalue weighted by atomic mass is 35.5. The minimum Gasteiger partial charge on any atom is -0.382 e. The molecule has 2 rings (SSSR count). The molecule has 19 heavy (non-hydrogen) atoms. The van der Waals surface area contributed by atoms with Crippen molar-refractivity contribution in [2.45, 2.75) is 52.5 Å². The lowest BCUT2D eigenvalue weighted by molar-refractivity contribution is 0.307. The number of nitrogens with zero attached hydrogens (tertiary/aromatic N) is 2. The van der Waals surface area contributed by atoms with Crippen LogP contribution in [0.2, 0.25) is 5.02 Å². The summed E-state index contributed by atoms with van der Waals surface area (Å²) >= 11 is 6.12. The van der Waals surface area contributed by atoms with Gasteiger partial charge in [0.2, 0.25) is 0 Å². The van der Waals surface area contributed by atoms with Gasteiger partial charge in [0.25, 0.3) is 5.56 Å². The number of nitrogens with one attached hydrogen (secondary N) is 1. The van der Waals surface area contributed by atoms with Crippen LogP contribution >= 0.6 is 11.6 Å². The maximum Gasteiger partial charge on any atom is 0.287 e. The van der Waals surface area contributed by atoms with Crippen molar-refractivity contribution in [1.29, 1.82) is 0 Å². The molecule has 0 radical (unpaired) electrons. The summed E-state index contributed by atoms with van der Waals surface area (Å²) in [5, 5.41) is 7.69. The van der Waals surface area contributed by atoms with Gasteiger partial charge in [-0.15, -0.1) is 0 Å². The van der Waals surface area contributed by atoms with Crippen LogP contribution in [0.1, 0.15) is 46.0 Å². The van der Waals surface area contributed by atoms with E-state index in [2.05, 4.69) is 17.3 Å². The molecular formula is C14H22ClN3O. The van der Waals surface area contributed by atoms with Crippen molar-refractivity contribution < 1.29 is 0 Å². The van der Waals surface area contributed by atoms with Crippen LogP contribution < -0.4 is 10.9 Å². The third-order valence-electron chi connectivity index (χ3n) is 4.35. The zero-order valence-corrected chi connectivity index (χ0v) is 12.5. The minimum atomic E-state index is -0.217. The van der Waals surface area contributed by atoms with E-state index in [1.54, 1.807) is 6.20 Å². The molecule has 0 aromatic carbocycles. The molecule has 0 spiro atoms. The third kappa shape index (κ3) is 2.94. The maximum atomic E-state index is 11.9. The average Bonchev–Trinajstić information content (AvgIpc) is 2.90. The molecule has 1 aromatic heterocycles. The molecular weight excluding hydrogens is 262 g/mol. The molecule has 0 aliphatic heterocycles. The van der Waals surface area contributed by atoms with Gasteiger partial charge >= 0.3 is 0 Å². The van der Waals surface area contributed by atoms with Crippen LogP contribution in [0.3, 0.4) is 0 Å². The SMILES string of the molecule is CCn1ncc(NCC2(CC)CCCC2)c(Cl)c1=O. The second kappa shape index (κ2) is 5.95. The topological polar surface area (TPSA) is 46.9 Å². The van der Waals surface area contributed by atoms with Crippen molar-refractivity contribution in [2.24, 2.45) is 5.41 Å². The predicted octanol–water partition coefficient (Wildman–Crippen LogP) is 3.30. The van der Waals surface area contributed by atoms with Gasteiger partial charge in [-0.3, -0.25) is 4.79 Å². The Morgan fingerprint density at radius 2 is 2.11 bits per heavy atom. The summed E-state index contributed by atoms with van der Waals surface area (Å²) in [7, 11) is 0. The Balaban J connectivity index is 2.12. The van der Waals surface area contributed by atoms with Crippen LogP contribution in [0, 0.1) is 5.41 Å². The van der Waals surface area contributed by atoms with E-state index in [0.29, 0.717) is 17.6 Å². The summed E-state index contributed by atoms with van der Waals surface area (Å²) in [6, 6.07) is 0. The van der Waals surface area contributed by atoms with Crippen LogP contribution in [-0.2, 0) is 6.54 Å². The van der Waals surface area contributed by atoms with Crippen LogP contribution in [0.15, 0.2) is 11.0 Å². The first-order valence-corrected chi connectivity index (χ1v) is 7.49. The number of anilines is 1. The van der Waals surface area contributed by atoms with Gasteiger partial charge in [0.1, 0.15) is 5.02 Å². The zero-order valence-electron chi connectivity index (χ0n) is 11.7. The molecule has 0 unspecified atom stereocenters. The van der Waals surface area contributed by atoms with Crippen molar-refractivity contribution in [1.82, 2.24) is 9.78 Å². The zero-order chi connectivity index (χ0) is 13.9. The molecule has 1 aliphatic carbocycles. The fourth-order valence-corrected chi connectivity index (χ4v) is 3.09. The summed E-state index contributed by atoms with van der Waals surface area (Å²) in [4.78, 5) is 11.9. The van der Waals surface area contributed by atoms with Crippen LogP contribution in [-0.4, -0.2) is 16.3 Å². The Bertz CT molecular complexity index is 492. The molecule has 1 aromatic rings. The van der Waals surface area contributed by atoms with Crippen molar-refractivity contribution >= 4 is 17.3 Å². The highest BCUT2D eigenvalue weighted by Crippen LogP contribution is 2.41. The monoisotopic (exact) mass is 283 g/mol. The van der Waals surface area contributed by atoms with E-state index in [1.165, 1.54) is 30.4 Å². The summed E-state index contributed by atoms with van der Waals surface area (Å²) in [6.07, 6.45) is 7.95. The molecule has 1 saturated carbocycles. The molecule has 1 aliphatic rings. The third-order valence-corrected chi connectivity index (χ3v) is 4.72. The van der Waals surface area contributed by atoms with E-state index >= 15 is 0 Å². The number of aryl methyl sites for hydroxylation is 1. The van der Waals surface area contributed by atoms with Gasteiger partial charge in [0, 0.05) is 13.1 Å². The second-order valence-electron chi connectivity index (χ2n) is 5.41. The van der Waals surface area contributed by atoms with Gasteiger partial charge < -0.3 is 5.32 Å². The molecule has 0 atom stereocenters. The van der Waals surface area contributed by atoms with Gasteiger partial charge in [-0.1, -0.05) is 31.4 Å². The quantitative estimate of drug-likeness (QED) is 0.902. The normalized spacial score (nSPS) is 17.6. The lowest BCUT2D eigenvalue weighted by Crippen LogP contribution is -2.28. The van der Waals surface area contributed by atoms with Gasteiger partial charge in [-0.2, -0.15) is 5.10 Å². The first-order chi connectivity index (χ1) is 9.12. The minimum absolute atomic E-state index is 0.217. The van der Waals surface area contributed by atoms with Gasteiger partial charge in [-0.05, 0) is 31.6 Å². The van der Waals surface area contributed by atoms with Crippen molar-refractivity contribution in [2.75, 3.05) is 11.9 Å². The highest BCUT2D eigenvalue weighted by Gasteiger charge is 2.31. The second-order valence-corrected chi connectivity index (χ2v) is 5.79. The molecule has 1 fully saturated rings. The predicted molar refractivity (Wildman–Crippen MR) is 78.9 cm³/mol. The summed E-state index contributed by atoms with van der Waals surface area (Å²) in [5.74, 6) is 0. The van der Waals surface area contributed by atoms with Gasteiger partial charge in [0.05, 0.1) is 11.9 Å². The van der Waals surface area contributed by atoms with Crippen molar-refractivity contribution in [3.63, 3.8) is 0 Å². The first kappa shape index (κ1) is 14.4. The standard InChI is InChI=1S/C14H22ClN3O/c1-3-14(7-5-6-8-14)10-16-11-9-17-18(4-2)13(19)12(11)15/h9,16H,3-8,10H2,1-2H3. The number of hydrogen-bond donors (Lipinski definition) is 1. The fraction of sp³-hybridized carbons (Fsp3) is 0.714. The lowest BCUT2D eigenvalue weighted by Gasteiger charge is -2.28. The largest absolute Gasteiger partial charge is 0.382 e. The number of aromatic nitrogens is 2. The van der Waals surface area contributed by atoms with Crippen LogP contribution in [0.25, 0.3) is 0 Å².